The van der Waals surface area contributed by atoms with E-state index in [2.05, 4.69) is 0 Å². The van der Waals surface area contributed by atoms with Gasteiger partial charge in [-0.3, -0.25) is 0 Å². The molecule has 0 spiro atoms. The van der Waals surface area contributed by atoms with Crippen LogP contribution in [0.5, 0.6) is 0 Å². The maximum Gasteiger partial charge on any atom is 0.600 e. The van der Waals surface area contributed by atoms with Gasteiger partial charge in [-0.15, -0.1) is 13.2 Å². The van der Waals surface area contributed by atoms with Crippen LogP contribution in [0.4, 0.5) is 26.3 Å². The SMILES string of the molecule is CC(C)c1cc2ccccc2[s+]1C(F)(F)F.O=S(=O)([O-])C(F)(F)F. The van der Waals surface area contributed by atoms with Crippen molar-refractivity contribution >= 4 is 30.7 Å². The minimum Gasteiger partial charge on any atom is -0.741 e. The van der Waals surface area contributed by atoms with Crippen molar-refractivity contribution in [3.8, 4) is 0 Å². The number of thiophene rings is 1. The summed E-state index contributed by atoms with van der Waals surface area (Å²) in [7, 11) is -7.82. The van der Waals surface area contributed by atoms with Gasteiger partial charge in [0.05, 0.1) is 10.5 Å². The Morgan fingerprint density at radius 2 is 1.50 bits per heavy atom. The second-order valence-corrected chi connectivity index (χ2v) is 8.25. The van der Waals surface area contributed by atoms with Gasteiger partial charge < -0.3 is 4.55 Å². The zero-order valence-electron chi connectivity index (χ0n) is 12.3. The number of benzene rings is 1. The number of hydrogen-bond donors (Lipinski definition) is 0. The minimum absolute atomic E-state index is 0.0719. The molecule has 0 fully saturated rings. The molecule has 1 unspecified atom stereocenters. The molecule has 1 atom stereocenters. The maximum atomic E-state index is 13.0. The molecule has 11 heteroatoms. The summed E-state index contributed by atoms with van der Waals surface area (Å²) in [5.74, 6) is -0.0719. The molecule has 2 aromatic rings. The van der Waals surface area contributed by atoms with Crippen LogP contribution >= 0.6 is 10.5 Å². The summed E-state index contributed by atoms with van der Waals surface area (Å²) in [4.78, 5) is 0.494. The first-order valence-electron chi connectivity index (χ1n) is 6.30. The van der Waals surface area contributed by atoms with Gasteiger partial charge >= 0.3 is 11.0 Å². The molecule has 0 aliphatic carbocycles. The monoisotopic (exact) mass is 394 g/mol. The van der Waals surface area contributed by atoms with Crippen LogP contribution in [0.3, 0.4) is 0 Å². The van der Waals surface area contributed by atoms with Gasteiger partial charge in [0.25, 0.3) is 0 Å². The van der Waals surface area contributed by atoms with Crippen LogP contribution in [0.25, 0.3) is 10.1 Å². The van der Waals surface area contributed by atoms with Crippen molar-refractivity contribution in [1.82, 2.24) is 0 Å². The second-order valence-electron chi connectivity index (χ2n) is 4.89. The van der Waals surface area contributed by atoms with E-state index in [1.165, 1.54) is 0 Å². The smallest absolute Gasteiger partial charge is 0.600 e. The summed E-state index contributed by atoms with van der Waals surface area (Å²) in [6.07, 6.45) is 0. The average Bonchev–Trinajstić information content (AvgIpc) is 2.76. The van der Waals surface area contributed by atoms with Crippen molar-refractivity contribution in [2.24, 2.45) is 0 Å². The first-order chi connectivity index (χ1) is 10.7. The van der Waals surface area contributed by atoms with Crippen molar-refractivity contribution < 1.29 is 39.3 Å². The number of fused-ring (bicyclic) bond motifs is 1. The van der Waals surface area contributed by atoms with Gasteiger partial charge in [0, 0.05) is 17.4 Å². The van der Waals surface area contributed by atoms with Gasteiger partial charge in [0.1, 0.15) is 0 Å². The lowest BCUT2D eigenvalue weighted by atomic mass is 10.1. The van der Waals surface area contributed by atoms with Crippen molar-refractivity contribution in [3.05, 3.63) is 35.2 Å². The molecule has 0 aliphatic rings. The van der Waals surface area contributed by atoms with E-state index in [1.807, 2.05) is 13.8 Å². The third-order valence-corrected chi connectivity index (χ3v) is 5.66. The van der Waals surface area contributed by atoms with Crippen LogP contribution in [-0.4, -0.2) is 18.5 Å². The van der Waals surface area contributed by atoms with E-state index in [9.17, 15) is 26.3 Å². The zero-order valence-corrected chi connectivity index (χ0v) is 13.9. The summed E-state index contributed by atoms with van der Waals surface area (Å²) in [6, 6.07) is 8.46. The van der Waals surface area contributed by atoms with Crippen LogP contribution in [-0.2, 0) is 15.6 Å². The molecule has 1 heterocycles. The van der Waals surface area contributed by atoms with Gasteiger partial charge in [0.2, 0.25) is 0 Å². The second kappa shape index (κ2) is 6.89. The molecule has 0 aliphatic heterocycles. The Morgan fingerprint density at radius 1 is 1.04 bits per heavy atom. The number of halogens is 6. The number of hydrogen-bond acceptors (Lipinski definition) is 3. The minimum atomic E-state index is -6.09. The standard InChI is InChI=1S/C12H12F3S.CHF3O3S/c1-8(2)11-7-9-5-3-4-6-10(9)16(11)12(13,14)15;2-1(3,4)8(5,6)7/h3-8H,1-2H3;(H,5,6,7)/q+1;/p-1. The van der Waals surface area contributed by atoms with Crippen LogP contribution in [0, 0.1) is 0 Å². The lowest BCUT2D eigenvalue weighted by Crippen LogP contribution is -2.21. The normalized spacial score (nSPS) is 13.8. The van der Waals surface area contributed by atoms with E-state index in [-0.39, 0.29) is 5.92 Å². The Labute approximate surface area is 136 Å². The Balaban J connectivity index is 0.000000307. The van der Waals surface area contributed by atoms with Crippen LogP contribution < -0.4 is 0 Å². The van der Waals surface area contributed by atoms with Crippen LogP contribution in [0.1, 0.15) is 24.6 Å². The lowest BCUT2D eigenvalue weighted by Gasteiger charge is -2.08. The van der Waals surface area contributed by atoms with Gasteiger partial charge in [-0.05, 0) is 12.1 Å². The number of alkyl halides is 6. The zero-order chi connectivity index (χ0) is 18.9. The molecule has 0 saturated carbocycles. The summed E-state index contributed by atoms with van der Waals surface area (Å²) in [5.41, 5.74) is -9.81. The molecule has 0 N–H and O–H groups in total. The van der Waals surface area contributed by atoms with Gasteiger partial charge in [-0.25, -0.2) is 8.42 Å². The molecule has 0 amide bonds. The molecule has 0 bridgehead atoms. The van der Waals surface area contributed by atoms with Gasteiger partial charge in [-0.2, -0.15) is 13.2 Å². The Hall–Kier alpha value is -1.33. The molecule has 0 saturated heterocycles. The molecule has 2 rings (SSSR count). The average molecular weight is 394 g/mol. The number of rotatable bonds is 1. The Kier molecular flexibility index (Phi) is 5.94. The molecule has 24 heavy (non-hydrogen) atoms. The van der Waals surface area contributed by atoms with Crippen LogP contribution in [0.2, 0.25) is 0 Å². The summed E-state index contributed by atoms with van der Waals surface area (Å²) < 4.78 is 98.4. The quantitative estimate of drug-likeness (QED) is 0.288. The lowest BCUT2D eigenvalue weighted by molar-refractivity contribution is -0.0868. The first-order valence-corrected chi connectivity index (χ1v) is 8.93. The van der Waals surface area contributed by atoms with E-state index in [0.29, 0.717) is 15.0 Å². The topological polar surface area (TPSA) is 57.2 Å². The third kappa shape index (κ3) is 4.84. The largest absolute Gasteiger partial charge is 0.741 e. The molecule has 1 aromatic carbocycles. The van der Waals surface area contributed by atoms with Crippen molar-refractivity contribution in [2.75, 3.05) is 0 Å². The van der Waals surface area contributed by atoms with Gasteiger partial charge in [-0.1, -0.05) is 26.0 Å². The summed E-state index contributed by atoms with van der Waals surface area (Å²) in [5, 5.41) is 0.715. The predicted octanol–water partition coefficient (Wildman–Crippen LogP) is 5.24. The molecular weight excluding hydrogens is 382 g/mol. The Bertz CT molecular complexity index is 803. The van der Waals surface area contributed by atoms with Crippen LogP contribution in [0.15, 0.2) is 30.3 Å². The molecular formula is C13H12F6O3S2. The molecule has 1 aromatic heterocycles. The van der Waals surface area contributed by atoms with E-state index in [4.69, 9.17) is 13.0 Å². The first kappa shape index (κ1) is 20.7. The van der Waals surface area contributed by atoms with E-state index in [0.717, 1.165) is 0 Å². The maximum absolute atomic E-state index is 13.0. The van der Waals surface area contributed by atoms with E-state index in [1.54, 1.807) is 30.3 Å². The highest BCUT2D eigenvalue weighted by molar-refractivity contribution is 7.86. The third-order valence-electron chi connectivity index (χ3n) is 2.76. The highest BCUT2D eigenvalue weighted by atomic mass is 32.2. The van der Waals surface area contributed by atoms with E-state index < -0.39 is 31.6 Å². The fourth-order valence-electron chi connectivity index (χ4n) is 1.79. The molecule has 136 valence electrons. The fraction of sp³-hybridized carbons (Fsp3) is 0.385. The Morgan fingerprint density at radius 3 is 1.88 bits per heavy atom. The predicted molar refractivity (Wildman–Crippen MR) is 77.6 cm³/mol. The van der Waals surface area contributed by atoms with Crippen molar-refractivity contribution in [3.63, 3.8) is 0 Å². The molecule has 0 radical (unpaired) electrons. The van der Waals surface area contributed by atoms with Gasteiger partial charge in [0.15, 0.2) is 19.7 Å². The van der Waals surface area contributed by atoms with E-state index >= 15 is 0 Å². The summed E-state index contributed by atoms with van der Waals surface area (Å²) >= 11 is 0. The highest BCUT2D eigenvalue weighted by Gasteiger charge is 2.48. The van der Waals surface area contributed by atoms with Crippen molar-refractivity contribution in [1.29, 1.82) is 0 Å². The molecule has 3 nitrogen and oxygen atoms in total. The highest BCUT2D eigenvalue weighted by Crippen LogP contribution is 2.52. The summed E-state index contributed by atoms with van der Waals surface area (Å²) in [6.45, 7) is 3.62. The fourth-order valence-corrected chi connectivity index (χ4v) is 3.85. The van der Waals surface area contributed by atoms with Crippen molar-refractivity contribution in [2.45, 2.75) is 30.8 Å².